The van der Waals surface area contributed by atoms with E-state index in [9.17, 15) is 14.7 Å². The van der Waals surface area contributed by atoms with E-state index in [1.807, 2.05) is 109 Å². The largest absolute Gasteiger partial charge is 0.507 e. The number of carbonyl (C=O) groups excluding carboxylic acids is 2. The molecule has 222 valence electrons. The van der Waals surface area contributed by atoms with Crippen molar-refractivity contribution in [3.63, 3.8) is 0 Å². The van der Waals surface area contributed by atoms with Crippen LogP contribution in [0.3, 0.4) is 0 Å². The number of aromatic hydroxyl groups is 1. The average molecular weight is 621 g/mol. The number of phenolic OH excluding ortho intramolecular Hbond substituents is 1. The van der Waals surface area contributed by atoms with Crippen molar-refractivity contribution in [3.05, 3.63) is 120 Å². The molecule has 1 aromatic heterocycles. The van der Waals surface area contributed by atoms with Gasteiger partial charge in [-0.1, -0.05) is 78.9 Å². The summed E-state index contributed by atoms with van der Waals surface area (Å²) in [6.45, 7) is 0. The van der Waals surface area contributed by atoms with Gasteiger partial charge in [-0.2, -0.15) is 25.3 Å². The van der Waals surface area contributed by atoms with E-state index in [0.29, 0.717) is 18.6 Å². The summed E-state index contributed by atoms with van der Waals surface area (Å²) in [7, 11) is 1.61. The van der Waals surface area contributed by atoms with Gasteiger partial charge in [0, 0.05) is 51.8 Å². The molecule has 5 nitrogen and oxygen atoms in total. The molecule has 0 amide bonds. The number of benzene rings is 5. The SMILES string of the molecule is COc1cc2c(cc1CC(=O)CS)oc1ccccc12.O=C(CS)Cc1cc(-c2ccccc2)c(O)c(-c2ccccc2)c1. The van der Waals surface area contributed by atoms with Crippen molar-refractivity contribution in [2.24, 2.45) is 0 Å². The summed E-state index contributed by atoms with van der Waals surface area (Å²) in [6, 6.07) is 34.9. The van der Waals surface area contributed by atoms with Crippen LogP contribution in [-0.2, 0) is 22.4 Å². The lowest BCUT2D eigenvalue weighted by molar-refractivity contribution is -0.116. The topological polar surface area (TPSA) is 76.7 Å². The first-order chi connectivity index (χ1) is 21.4. The average Bonchev–Trinajstić information content (AvgIpc) is 3.43. The summed E-state index contributed by atoms with van der Waals surface area (Å²) in [5.41, 5.74) is 6.64. The van der Waals surface area contributed by atoms with Crippen LogP contribution in [0.4, 0.5) is 0 Å². The van der Waals surface area contributed by atoms with Gasteiger partial charge >= 0.3 is 0 Å². The second-order valence-corrected chi connectivity index (χ2v) is 10.9. The second-order valence-electron chi connectivity index (χ2n) is 10.3. The number of ketones is 2. The molecule has 5 aromatic carbocycles. The highest BCUT2D eigenvalue weighted by molar-refractivity contribution is 7.81. The van der Waals surface area contributed by atoms with Gasteiger partial charge in [0.1, 0.15) is 34.2 Å². The molecule has 0 saturated heterocycles. The van der Waals surface area contributed by atoms with Gasteiger partial charge in [-0.3, -0.25) is 9.59 Å². The number of thiol groups is 2. The molecule has 6 rings (SSSR count). The molecule has 6 aromatic rings. The minimum absolute atomic E-state index is 0.0575. The summed E-state index contributed by atoms with van der Waals surface area (Å²) in [5, 5.41) is 12.9. The Morgan fingerprint density at radius 3 is 1.80 bits per heavy atom. The van der Waals surface area contributed by atoms with Crippen LogP contribution in [-0.4, -0.2) is 35.3 Å². The first-order valence-electron chi connectivity index (χ1n) is 14.1. The number of hydrogen-bond donors (Lipinski definition) is 3. The quantitative estimate of drug-likeness (QED) is 0.142. The number of furan rings is 1. The number of rotatable bonds is 9. The molecule has 0 spiro atoms. The summed E-state index contributed by atoms with van der Waals surface area (Å²) in [4.78, 5) is 23.4. The number of hydrogen-bond acceptors (Lipinski definition) is 7. The molecule has 0 aliphatic heterocycles. The van der Waals surface area contributed by atoms with Gasteiger partial charge in [0.25, 0.3) is 0 Å². The summed E-state index contributed by atoms with van der Waals surface area (Å²) in [6.07, 6.45) is 0.614. The van der Waals surface area contributed by atoms with Crippen LogP contribution >= 0.6 is 25.3 Å². The number of phenols is 1. The zero-order valence-electron chi connectivity index (χ0n) is 24.2. The maximum Gasteiger partial charge on any atom is 0.146 e. The standard InChI is InChI=1S/C21H18O2S.C16H14O3S/c22-18(14-24)11-15-12-19(16-7-3-1-4-8-16)21(23)20(13-15)17-9-5-2-6-10-17;1-18-15-8-13-12-4-2-3-5-14(12)19-16(13)7-10(15)6-11(17)9-20/h1-10,12-13,23-24H,11,14H2;2-5,7-8,20H,6,9H2,1H3. The molecule has 44 heavy (non-hydrogen) atoms. The predicted molar refractivity (Wildman–Crippen MR) is 184 cm³/mol. The van der Waals surface area contributed by atoms with Crippen molar-refractivity contribution in [2.45, 2.75) is 12.8 Å². The van der Waals surface area contributed by atoms with Gasteiger partial charge in [-0.05, 0) is 47.0 Å². The van der Waals surface area contributed by atoms with E-state index in [2.05, 4.69) is 25.3 Å². The van der Waals surface area contributed by atoms with E-state index in [1.165, 1.54) is 0 Å². The van der Waals surface area contributed by atoms with E-state index < -0.39 is 0 Å². The van der Waals surface area contributed by atoms with E-state index in [0.717, 1.165) is 55.3 Å². The van der Waals surface area contributed by atoms with Gasteiger partial charge in [-0.25, -0.2) is 0 Å². The van der Waals surface area contributed by atoms with Gasteiger partial charge in [0.05, 0.1) is 7.11 Å². The molecule has 0 aliphatic rings. The van der Waals surface area contributed by atoms with E-state index in [1.54, 1.807) is 7.11 Å². The van der Waals surface area contributed by atoms with E-state index in [4.69, 9.17) is 9.15 Å². The maximum absolute atomic E-state index is 11.8. The van der Waals surface area contributed by atoms with Crippen molar-refractivity contribution in [1.29, 1.82) is 0 Å². The fraction of sp³-hybridized carbons (Fsp3) is 0.135. The van der Waals surface area contributed by atoms with Crippen LogP contribution in [0.5, 0.6) is 11.5 Å². The minimum atomic E-state index is 0.0575. The minimum Gasteiger partial charge on any atom is -0.507 e. The Kier molecular flexibility index (Phi) is 10.1. The molecule has 1 N–H and O–H groups in total. The van der Waals surface area contributed by atoms with Crippen molar-refractivity contribution in [3.8, 4) is 33.8 Å². The molecular formula is C37H32O5S2. The lowest BCUT2D eigenvalue weighted by Crippen LogP contribution is -2.05. The molecule has 0 aliphatic carbocycles. The second kappa shape index (κ2) is 14.3. The van der Waals surface area contributed by atoms with Crippen LogP contribution in [0.15, 0.2) is 114 Å². The Hall–Kier alpha value is -4.46. The van der Waals surface area contributed by atoms with Crippen molar-refractivity contribution < 1.29 is 23.8 Å². The van der Waals surface area contributed by atoms with Crippen molar-refractivity contribution in [2.75, 3.05) is 18.6 Å². The van der Waals surface area contributed by atoms with Crippen molar-refractivity contribution >= 4 is 58.8 Å². The number of fused-ring (bicyclic) bond motifs is 3. The van der Waals surface area contributed by atoms with Crippen LogP contribution in [0.2, 0.25) is 0 Å². The first kappa shape index (κ1) is 31.0. The third-order valence-corrected chi connectivity index (χ3v) is 7.97. The van der Waals surface area contributed by atoms with Crippen molar-refractivity contribution in [1.82, 2.24) is 0 Å². The zero-order chi connectivity index (χ0) is 31.1. The number of ether oxygens (including phenoxy) is 1. The number of carbonyl (C=O) groups is 2. The van der Waals surface area contributed by atoms with Crippen LogP contribution in [0.25, 0.3) is 44.2 Å². The lowest BCUT2D eigenvalue weighted by atomic mass is 9.93. The highest BCUT2D eigenvalue weighted by Crippen LogP contribution is 2.39. The number of methoxy groups -OCH3 is 1. The Morgan fingerprint density at radius 1 is 0.682 bits per heavy atom. The molecule has 0 atom stereocenters. The molecule has 0 radical (unpaired) electrons. The fourth-order valence-electron chi connectivity index (χ4n) is 5.15. The third-order valence-electron chi connectivity index (χ3n) is 7.26. The summed E-state index contributed by atoms with van der Waals surface area (Å²) < 4.78 is 11.2. The molecule has 1 heterocycles. The fourth-order valence-corrected chi connectivity index (χ4v) is 5.37. The molecular weight excluding hydrogens is 589 g/mol. The summed E-state index contributed by atoms with van der Waals surface area (Å²) >= 11 is 8.07. The van der Waals surface area contributed by atoms with Gasteiger partial charge in [0.15, 0.2) is 0 Å². The monoisotopic (exact) mass is 620 g/mol. The highest BCUT2D eigenvalue weighted by Gasteiger charge is 2.16. The van der Waals surface area contributed by atoms with E-state index in [-0.39, 0.29) is 28.8 Å². The lowest BCUT2D eigenvalue weighted by Gasteiger charge is -2.13. The number of para-hydroxylation sites is 1. The predicted octanol–water partition coefficient (Wildman–Crippen LogP) is 8.40. The van der Waals surface area contributed by atoms with Gasteiger partial charge in [-0.15, -0.1) is 0 Å². The zero-order valence-corrected chi connectivity index (χ0v) is 26.0. The highest BCUT2D eigenvalue weighted by atomic mass is 32.1. The first-order valence-corrected chi connectivity index (χ1v) is 15.4. The Balaban J connectivity index is 0.000000177. The third kappa shape index (κ3) is 7.01. The van der Waals surface area contributed by atoms with Crippen LogP contribution in [0.1, 0.15) is 11.1 Å². The molecule has 0 saturated carbocycles. The van der Waals surface area contributed by atoms with Gasteiger partial charge in [0.2, 0.25) is 0 Å². The van der Waals surface area contributed by atoms with Gasteiger partial charge < -0.3 is 14.3 Å². The Morgan fingerprint density at radius 2 is 1.23 bits per heavy atom. The normalized spacial score (nSPS) is 10.8. The molecule has 7 heteroatoms. The molecule has 0 fully saturated rings. The smallest absolute Gasteiger partial charge is 0.146 e. The Labute approximate surface area is 267 Å². The Bertz CT molecular complexity index is 1850. The maximum atomic E-state index is 11.8. The summed E-state index contributed by atoms with van der Waals surface area (Å²) in [5.74, 6) is 1.49. The van der Waals surface area contributed by atoms with Crippen LogP contribution < -0.4 is 4.74 Å². The van der Waals surface area contributed by atoms with E-state index >= 15 is 0 Å². The van der Waals surface area contributed by atoms with Crippen LogP contribution in [0, 0.1) is 0 Å². The number of Topliss-reactive ketones (excluding diaryl/α,β-unsaturated/α-hetero) is 2. The molecule has 0 bridgehead atoms. The molecule has 0 unspecified atom stereocenters.